The summed E-state index contributed by atoms with van der Waals surface area (Å²) < 4.78 is 23.4. The molecule has 1 aromatic carbocycles. The van der Waals surface area contributed by atoms with Crippen LogP contribution in [0.4, 0.5) is 10.1 Å². The van der Waals surface area contributed by atoms with Crippen molar-refractivity contribution in [3.05, 3.63) is 65.3 Å². The number of hydrogen-bond donors (Lipinski definition) is 1. The van der Waals surface area contributed by atoms with Crippen molar-refractivity contribution in [2.45, 2.75) is 0 Å². The van der Waals surface area contributed by atoms with Crippen molar-refractivity contribution in [1.82, 2.24) is 5.32 Å². The molecule has 0 unspecified atom stereocenters. The topological polar surface area (TPSA) is 84.9 Å². The van der Waals surface area contributed by atoms with Gasteiger partial charge in [-0.1, -0.05) is 6.08 Å². The summed E-state index contributed by atoms with van der Waals surface area (Å²) in [6.07, 6.45) is 6.00. The van der Waals surface area contributed by atoms with Gasteiger partial charge in [0.1, 0.15) is 11.5 Å². The molecule has 0 fully saturated rings. The maximum absolute atomic E-state index is 13.9. The maximum Gasteiger partial charge on any atom is 0.355 e. The summed E-state index contributed by atoms with van der Waals surface area (Å²) in [6, 6.07) is 3.73. The number of nitrogens with zero attached hydrogens (tertiary/aromatic N) is 1. The van der Waals surface area contributed by atoms with Crippen LogP contribution in [0.2, 0.25) is 0 Å². The van der Waals surface area contributed by atoms with Crippen LogP contribution in [-0.4, -0.2) is 39.1 Å². The first-order chi connectivity index (χ1) is 12.4. The monoisotopic (exact) mass is 360 g/mol. The third-order valence-electron chi connectivity index (χ3n) is 3.59. The summed E-state index contributed by atoms with van der Waals surface area (Å²) >= 11 is 0. The molecule has 2 rings (SSSR count). The lowest BCUT2D eigenvalue weighted by Gasteiger charge is -2.23. The number of benzene rings is 1. The number of carbonyl (C=O) groups is 3. The molecule has 1 N–H and O–H groups in total. The Labute approximate surface area is 149 Å². The Morgan fingerprint density at radius 2 is 1.77 bits per heavy atom. The molecule has 1 aliphatic rings. The number of halogens is 1. The van der Waals surface area contributed by atoms with E-state index < -0.39 is 23.7 Å². The maximum atomic E-state index is 13.9. The van der Waals surface area contributed by atoms with Crippen LogP contribution in [0.15, 0.2) is 53.9 Å². The highest BCUT2D eigenvalue weighted by Crippen LogP contribution is 2.27. The Bertz CT molecular complexity index is 842. The van der Waals surface area contributed by atoms with Crippen LogP contribution in [-0.2, 0) is 19.1 Å². The SMILES string of the molecule is CNC(=O)c1cc(N2C=CC=CC(C(=O)OC)=C2C(=O)OC)ccc1F. The zero-order valence-corrected chi connectivity index (χ0v) is 14.4. The lowest BCUT2D eigenvalue weighted by Crippen LogP contribution is -2.27. The molecule has 0 saturated heterocycles. The summed E-state index contributed by atoms with van der Waals surface area (Å²) in [7, 11) is 3.73. The molecule has 0 aromatic heterocycles. The van der Waals surface area contributed by atoms with Crippen LogP contribution in [0.5, 0.6) is 0 Å². The number of carbonyl (C=O) groups excluding carboxylic acids is 3. The van der Waals surface area contributed by atoms with E-state index in [1.54, 1.807) is 12.2 Å². The fourth-order valence-electron chi connectivity index (χ4n) is 2.34. The number of esters is 2. The van der Waals surface area contributed by atoms with E-state index in [1.165, 1.54) is 50.6 Å². The lowest BCUT2D eigenvalue weighted by molar-refractivity contribution is -0.139. The van der Waals surface area contributed by atoms with Crippen molar-refractivity contribution in [1.29, 1.82) is 0 Å². The van der Waals surface area contributed by atoms with Crippen molar-refractivity contribution in [2.24, 2.45) is 0 Å². The largest absolute Gasteiger partial charge is 0.465 e. The number of nitrogens with one attached hydrogen (secondary N) is 1. The smallest absolute Gasteiger partial charge is 0.355 e. The molecule has 1 heterocycles. The highest BCUT2D eigenvalue weighted by atomic mass is 19.1. The molecule has 0 atom stereocenters. The standard InChI is InChI=1S/C18H17FN2O5/c1-20-16(22)13-10-11(7-8-14(13)19)21-9-5-4-6-12(17(23)25-2)15(21)18(24)26-3/h4-10H,1-3H3,(H,20,22). The highest BCUT2D eigenvalue weighted by Gasteiger charge is 2.28. The minimum Gasteiger partial charge on any atom is -0.465 e. The van der Waals surface area contributed by atoms with Gasteiger partial charge in [0.2, 0.25) is 0 Å². The summed E-state index contributed by atoms with van der Waals surface area (Å²) in [5.41, 5.74) is -0.0971. The molecule has 0 spiro atoms. The Hall–Kier alpha value is -3.42. The average Bonchev–Trinajstić information content (AvgIpc) is 2.89. The van der Waals surface area contributed by atoms with Gasteiger partial charge < -0.3 is 19.7 Å². The molecule has 0 aliphatic carbocycles. The molecule has 8 heteroatoms. The molecule has 136 valence electrons. The minimum atomic E-state index is -0.799. The van der Waals surface area contributed by atoms with Gasteiger partial charge >= 0.3 is 11.9 Å². The van der Waals surface area contributed by atoms with Gasteiger partial charge in [-0.25, -0.2) is 14.0 Å². The van der Waals surface area contributed by atoms with E-state index in [2.05, 4.69) is 5.32 Å². The zero-order chi connectivity index (χ0) is 19.3. The van der Waals surface area contributed by atoms with E-state index in [9.17, 15) is 18.8 Å². The Morgan fingerprint density at radius 1 is 1.08 bits per heavy atom. The van der Waals surface area contributed by atoms with Gasteiger partial charge in [-0.2, -0.15) is 0 Å². The summed E-state index contributed by atoms with van der Waals surface area (Å²) in [4.78, 5) is 37.6. The second-order valence-corrected chi connectivity index (χ2v) is 5.06. The molecule has 0 bridgehead atoms. The van der Waals surface area contributed by atoms with E-state index in [1.807, 2.05) is 0 Å². The number of hydrogen-bond acceptors (Lipinski definition) is 6. The van der Waals surface area contributed by atoms with Gasteiger partial charge in [-0.3, -0.25) is 4.79 Å². The lowest BCUT2D eigenvalue weighted by atomic mass is 10.1. The van der Waals surface area contributed by atoms with Crippen LogP contribution >= 0.6 is 0 Å². The molecular formula is C18H17FN2O5. The van der Waals surface area contributed by atoms with Crippen LogP contribution in [0.25, 0.3) is 0 Å². The minimum absolute atomic E-state index is 0.0461. The number of amides is 1. The predicted molar refractivity (Wildman–Crippen MR) is 91.6 cm³/mol. The summed E-state index contributed by atoms with van der Waals surface area (Å²) in [6.45, 7) is 0. The Morgan fingerprint density at radius 3 is 2.38 bits per heavy atom. The van der Waals surface area contributed by atoms with E-state index >= 15 is 0 Å². The number of ether oxygens (including phenoxy) is 2. The number of methoxy groups -OCH3 is 2. The van der Waals surface area contributed by atoms with Crippen LogP contribution in [0, 0.1) is 5.82 Å². The van der Waals surface area contributed by atoms with Gasteiger partial charge in [0.05, 0.1) is 25.4 Å². The molecule has 1 aromatic rings. The molecular weight excluding hydrogens is 343 g/mol. The first-order valence-electron chi connectivity index (χ1n) is 7.51. The normalized spacial score (nSPS) is 13.3. The third-order valence-corrected chi connectivity index (χ3v) is 3.59. The van der Waals surface area contributed by atoms with Crippen LogP contribution in [0.3, 0.4) is 0 Å². The molecule has 0 radical (unpaired) electrons. The summed E-state index contributed by atoms with van der Waals surface area (Å²) in [5.74, 6) is -2.89. The van der Waals surface area contributed by atoms with Crippen LogP contribution in [0.1, 0.15) is 10.4 Å². The second-order valence-electron chi connectivity index (χ2n) is 5.06. The first kappa shape index (κ1) is 18.9. The fraction of sp³-hybridized carbons (Fsp3) is 0.167. The second kappa shape index (κ2) is 8.11. The summed E-state index contributed by atoms with van der Waals surface area (Å²) in [5, 5.41) is 2.34. The number of allylic oxidation sites excluding steroid dienone is 2. The van der Waals surface area contributed by atoms with Gasteiger partial charge in [-0.05, 0) is 30.4 Å². The van der Waals surface area contributed by atoms with Crippen molar-refractivity contribution >= 4 is 23.5 Å². The van der Waals surface area contributed by atoms with E-state index in [4.69, 9.17) is 9.47 Å². The average molecular weight is 360 g/mol. The molecule has 1 amide bonds. The van der Waals surface area contributed by atoms with Crippen molar-refractivity contribution in [3.8, 4) is 0 Å². The third kappa shape index (κ3) is 3.64. The zero-order valence-electron chi connectivity index (χ0n) is 14.4. The highest BCUT2D eigenvalue weighted by molar-refractivity contribution is 6.05. The number of anilines is 1. The number of rotatable bonds is 4. The molecule has 26 heavy (non-hydrogen) atoms. The van der Waals surface area contributed by atoms with Gasteiger partial charge in [0.25, 0.3) is 5.91 Å². The van der Waals surface area contributed by atoms with Crippen molar-refractivity contribution < 1.29 is 28.2 Å². The first-order valence-corrected chi connectivity index (χ1v) is 7.51. The van der Waals surface area contributed by atoms with E-state index in [0.717, 1.165) is 6.07 Å². The van der Waals surface area contributed by atoms with Crippen molar-refractivity contribution in [2.75, 3.05) is 26.2 Å². The molecule has 1 aliphatic heterocycles. The van der Waals surface area contributed by atoms with Gasteiger partial charge in [-0.15, -0.1) is 0 Å². The Kier molecular flexibility index (Phi) is 5.90. The van der Waals surface area contributed by atoms with E-state index in [-0.39, 0.29) is 22.5 Å². The Balaban J connectivity index is 2.67. The fourth-order valence-corrected chi connectivity index (χ4v) is 2.34. The van der Waals surface area contributed by atoms with E-state index in [0.29, 0.717) is 0 Å². The van der Waals surface area contributed by atoms with Crippen molar-refractivity contribution in [3.63, 3.8) is 0 Å². The molecule has 7 nitrogen and oxygen atoms in total. The molecule has 0 saturated carbocycles. The van der Waals surface area contributed by atoms with Gasteiger partial charge in [0, 0.05) is 18.9 Å². The van der Waals surface area contributed by atoms with Crippen LogP contribution < -0.4 is 10.2 Å². The predicted octanol–water partition coefficient (Wildman–Crippen LogP) is 1.68. The van der Waals surface area contributed by atoms with Gasteiger partial charge in [0.15, 0.2) is 0 Å². The quantitative estimate of drug-likeness (QED) is 0.823.